The number of carbonyl (C=O) groups is 1. The minimum atomic E-state index is 0.208. The van der Waals surface area contributed by atoms with Crippen LogP contribution in [-0.4, -0.2) is 5.78 Å². The number of allylic oxidation sites excluding steroid dienone is 2. The predicted molar refractivity (Wildman–Crippen MR) is 62.7 cm³/mol. The molecule has 0 radical (unpaired) electrons. The van der Waals surface area contributed by atoms with Crippen LogP contribution >= 0.6 is 0 Å². The largest absolute Gasteiger partial charge is 0.295 e. The van der Waals surface area contributed by atoms with E-state index in [4.69, 9.17) is 0 Å². The van der Waals surface area contributed by atoms with Crippen molar-refractivity contribution in [2.45, 2.75) is 58.8 Å². The summed E-state index contributed by atoms with van der Waals surface area (Å²) in [7, 11) is 0. The summed E-state index contributed by atoms with van der Waals surface area (Å²) in [5.74, 6) is 1.22. The van der Waals surface area contributed by atoms with Gasteiger partial charge in [-0.1, -0.05) is 45.1 Å². The highest BCUT2D eigenvalue weighted by Crippen LogP contribution is 2.38. The molecular formula is C14H22O. The molecule has 0 amide bonds. The molecule has 84 valence electrons. The molecule has 0 bridgehead atoms. The second kappa shape index (κ2) is 4.11. The summed E-state index contributed by atoms with van der Waals surface area (Å²) >= 11 is 0. The van der Waals surface area contributed by atoms with Gasteiger partial charge in [0.05, 0.1) is 0 Å². The molecular weight excluding hydrogens is 184 g/mol. The smallest absolute Gasteiger partial charge is 0.156 e. The maximum absolute atomic E-state index is 11.6. The monoisotopic (exact) mass is 206 g/mol. The van der Waals surface area contributed by atoms with Gasteiger partial charge in [-0.05, 0) is 30.3 Å². The van der Waals surface area contributed by atoms with E-state index >= 15 is 0 Å². The lowest BCUT2D eigenvalue weighted by molar-refractivity contribution is -0.117. The molecule has 15 heavy (non-hydrogen) atoms. The van der Waals surface area contributed by atoms with Crippen LogP contribution in [0.4, 0.5) is 0 Å². The summed E-state index contributed by atoms with van der Waals surface area (Å²) in [4.78, 5) is 11.6. The van der Waals surface area contributed by atoms with Gasteiger partial charge in [0, 0.05) is 6.42 Å². The van der Waals surface area contributed by atoms with Crippen molar-refractivity contribution >= 4 is 5.78 Å². The quantitative estimate of drug-likeness (QED) is 0.670. The summed E-state index contributed by atoms with van der Waals surface area (Å²) in [6.45, 7) is 4.43. The highest BCUT2D eigenvalue weighted by atomic mass is 16.1. The van der Waals surface area contributed by atoms with Crippen molar-refractivity contribution in [3.05, 3.63) is 11.6 Å². The van der Waals surface area contributed by atoms with Gasteiger partial charge in [0.1, 0.15) is 0 Å². The third kappa shape index (κ3) is 2.93. The molecule has 0 atom stereocenters. The van der Waals surface area contributed by atoms with E-state index in [0.29, 0.717) is 5.78 Å². The van der Waals surface area contributed by atoms with Crippen molar-refractivity contribution in [1.29, 1.82) is 0 Å². The average molecular weight is 206 g/mol. The lowest BCUT2D eigenvalue weighted by Crippen LogP contribution is -2.22. The molecule has 0 spiro atoms. The van der Waals surface area contributed by atoms with E-state index in [1.807, 2.05) is 6.08 Å². The number of rotatable bonds is 2. The first kappa shape index (κ1) is 10.9. The summed E-state index contributed by atoms with van der Waals surface area (Å²) in [6, 6.07) is 0. The van der Waals surface area contributed by atoms with Crippen LogP contribution in [0.25, 0.3) is 0 Å². The van der Waals surface area contributed by atoms with Gasteiger partial charge < -0.3 is 0 Å². The zero-order valence-corrected chi connectivity index (χ0v) is 10.0. The van der Waals surface area contributed by atoms with Gasteiger partial charge in [-0.3, -0.25) is 4.79 Å². The molecule has 1 nitrogen and oxygen atoms in total. The summed E-state index contributed by atoms with van der Waals surface area (Å²) in [5, 5.41) is 0. The van der Waals surface area contributed by atoms with E-state index in [-0.39, 0.29) is 5.41 Å². The lowest BCUT2D eigenvalue weighted by atomic mass is 9.75. The van der Waals surface area contributed by atoms with Gasteiger partial charge in [0.15, 0.2) is 5.78 Å². The second-order valence-corrected chi connectivity index (χ2v) is 6.14. The van der Waals surface area contributed by atoms with Crippen molar-refractivity contribution < 1.29 is 4.79 Å². The average Bonchev–Trinajstić information content (AvgIpc) is 2.52. The number of ketones is 1. The molecule has 2 aliphatic rings. The second-order valence-electron chi connectivity index (χ2n) is 6.14. The highest BCUT2D eigenvalue weighted by Gasteiger charge is 2.28. The molecule has 0 aliphatic heterocycles. The molecule has 0 saturated heterocycles. The van der Waals surface area contributed by atoms with Gasteiger partial charge in [0.25, 0.3) is 0 Å². The molecule has 1 fully saturated rings. The first-order chi connectivity index (χ1) is 7.05. The summed E-state index contributed by atoms with van der Waals surface area (Å²) in [5.41, 5.74) is 1.63. The van der Waals surface area contributed by atoms with Crippen LogP contribution in [0.3, 0.4) is 0 Å². The Morgan fingerprint density at radius 3 is 2.53 bits per heavy atom. The van der Waals surface area contributed by atoms with Crippen molar-refractivity contribution in [2.75, 3.05) is 0 Å². The topological polar surface area (TPSA) is 17.1 Å². The molecule has 0 unspecified atom stereocenters. The predicted octanol–water partition coefficient (Wildman–Crippen LogP) is 3.88. The van der Waals surface area contributed by atoms with E-state index < -0.39 is 0 Å². The van der Waals surface area contributed by atoms with Crippen LogP contribution in [-0.2, 0) is 4.79 Å². The molecule has 1 saturated carbocycles. The zero-order valence-electron chi connectivity index (χ0n) is 10.0. The van der Waals surface area contributed by atoms with Crippen molar-refractivity contribution in [3.8, 4) is 0 Å². The third-order valence-electron chi connectivity index (χ3n) is 3.75. The van der Waals surface area contributed by atoms with E-state index in [1.54, 1.807) is 0 Å². The molecule has 0 N–H and O–H groups in total. The maximum atomic E-state index is 11.6. The van der Waals surface area contributed by atoms with Gasteiger partial charge in [-0.15, -0.1) is 0 Å². The summed E-state index contributed by atoms with van der Waals surface area (Å²) < 4.78 is 0. The zero-order chi connectivity index (χ0) is 10.9. The SMILES string of the molecule is CC1(C)CC(=O)C=C(CC2CCCC2)C1. The van der Waals surface area contributed by atoms with Crippen molar-refractivity contribution in [1.82, 2.24) is 0 Å². The minimum Gasteiger partial charge on any atom is -0.295 e. The minimum absolute atomic E-state index is 0.208. The Morgan fingerprint density at radius 2 is 1.93 bits per heavy atom. The van der Waals surface area contributed by atoms with Crippen LogP contribution in [0.5, 0.6) is 0 Å². The van der Waals surface area contributed by atoms with Gasteiger partial charge in [0.2, 0.25) is 0 Å². The molecule has 0 aromatic rings. The van der Waals surface area contributed by atoms with Crippen LogP contribution in [0.2, 0.25) is 0 Å². The molecule has 1 heteroatoms. The Labute approximate surface area is 92.9 Å². The fraction of sp³-hybridized carbons (Fsp3) is 0.786. The lowest BCUT2D eigenvalue weighted by Gasteiger charge is -2.29. The van der Waals surface area contributed by atoms with Gasteiger partial charge in [-0.25, -0.2) is 0 Å². The molecule has 0 heterocycles. The van der Waals surface area contributed by atoms with Crippen LogP contribution in [0, 0.1) is 11.3 Å². The van der Waals surface area contributed by atoms with Crippen molar-refractivity contribution in [2.24, 2.45) is 11.3 Å². The van der Waals surface area contributed by atoms with Crippen molar-refractivity contribution in [3.63, 3.8) is 0 Å². The Kier molecular flexibility index (Phi) is 2.99. The first-order valence-corrected chi connectivity index (χ1v) is 6.27. The van der Waals surface area contributed by atoms with E-state index in [2.05, 4.69) is 13.8 Å². The van der Waals surface area contributed by atoms with E-state index in [0.717, 1.165) is 18.8 Å². The van der Waals surface area contributed by atoms with Crippen LogP contribution in [0.15, 0.2) is 11.6 Å². The summed E-state index contributed by atoms with van der Waals surface area (Å²) in [6.07, 6.45) is 10.6. The Hall–Kier alpha value is -0.590. The number of carbonyl (C=O) groups excluding carboxylic acids is 1. The Balaban J connectivity index is 1.98. The van der Waals surface area contributed by atoms with Crippen LogP contribution in [0.1, 0.15) is 58.8 Å². The standard InChI is InChI=1S/C14H22O/c1-14(2)9-12(8-13(15)10-14)7-11-5-3-4-6-11/h8,11H,3-7,9-10H2,1-2H3. The number of hydrogen-bond acceptors (Lipinski definition) is 1. The molecule has 2 rings (SSSR count). The Morgan fingerprint density at radius 1 is 1.27 bits per heavy atom. The van der Waals surface area contributed by atoms with Gasteiger partial charge >= 0.3 is 0 Å². The number of hydrogen-bond donors (Lipinski definition) is 0. The third-order valence-corrected chi connectivity index (χ3v) is 3.75. The van der Waals surface area contributed by atoms with E-state index in [9.17, 15) is 4.79 Å². The molecule has 0 aromatic heterocycles. The normalized spacial score (nSPS) is 26.8. The fourth-order valence-electron chi connectivity index (χ4n) is 3.19. The molecule has 0 aromatic carbocycles. The van der Waals surface area contributed by atoms with Crippen LogP contribution < -0.4 is 0 Å². The first-order valence-electron chi connectivity index (χ1n) is 6.27. The fourth-order valence-corrected chi connectivity index (χ4v) is 3.19. The maximum Gasteiger partial charge on any atom is 0.156 e. The van der Waals surface area contributed by atoms with E-state index in [1.165, 1.54) is 37.7 Å². The molecule has 2 aliphatic carbocycles. The highest BCUT2D eigenvalue weighted by molar-refractivity contribution is 5.91. The van der Waals surface area contributed by atoms with Gasteiger partial charge in [-0.2, -0.15) is 0 Å². The Bertz CT molecular complexity index is 280.